The van der Waals surface area contributed by atoms with E-state index in [0.717, 1.165) is 25.1 Å². The maximum atomic E-state index is 5.90. The van der Waals surface area contributed by atoms with Crippen LogP contribution in [-0.2, 0) is 4.74 Å². The number of hydrogen-bond donors (Lipinski definition) is 1. The van der Waals surface area contributed by atoms with E-state index >= 15 is 0 Å². The number of methoxy groups -OCH3 is 1. The highest BCUT2D eigenvalue weighted by Gasteiger charge is 2.29. The standard InChI is InChI=1S/C18H22N8O2/c1-25(12-7-4-3-5-8-12)17-21-14(20-16(19)23-17)15-22-18(28-24-15)26-10-6-9-13(26)11-27-2/h3-5,7-8,13H,6,9-11H2,1-2H3,(H2,19,20,21,23)/t13-/m1/s1. The van der Waals surface area contributed by atoms with Crippen LogP contribution in [0.1, 0.15) is 12.8 Å². The number of nitrogens with zero attached hydrogens (tertiary/aromatic N) is 7. The van der Waals surface area contributed by atoms with Gasteiger partial charge in [-0.1, -0.05) is 23.4 Å². The SMILES string of the molecule is COC[C@H]1CCCN1c1nc(-c2nc(N)nc(N(C)c3ccccc3)n2)no1. The van der Waals surface area contributed by atoms with Crippen LogP contribution >= 0.6 is 0 Å². The molecule has 2 N–H and O–H groups in total. The van der Waals surface area contributed by atoms with E-state index in [1.807, 2.05) is 42.3 Å². The maximum absolute atomic E-state index is 5.90. The van der Waals surface area contributed by atoms with Crippen molar-refractivity contribution in [2.24, 2.45) is 0 Å². The number of ether oxygens (including phenoxy) is 1. The summed E-state index contributed by atoms with van der Waals surface area (Å²) in [5, 5.41) is 4.04. The minimum absolute atomic E-state index is 0.0903. The predicted octanol–water partition coefficient (Wildman–Crippen LogP) is 1.89. The van der Waals surface area contributed by atoms with Crippen LogP contribution in [0.4, 0.5) is 23.6 Å². The van der Waals surface area contributed by atoms with E-state index in [-0.39, 0.29) is 23.6 Å². The fraction of sp³-hybridized carbons (Fsp3) is 0.389. The number of benzene rings is 1. The van der Waals surface area contributed by atoms with E-state index in [0.29, 0.717) is 18.6 Å². The Morgan fingerprint density at radius 2 is 2.00 bits per heavy atom. The molecule has 1 saturated heterocycles. The summed E-state index contributed by atoms with van der Waals surface area (Å²) in [4.78, 5) is 21.2. The number of para-hydroxylation sites is 1. The molecule has 2 aromatic heterocycles. The van der Waals surface area contributed by atoms with Gasteiger partial charge in [-0.3, -0.25) is 0 Å². The van der Waals surface area contributed by atoms with Gasteiger partial charge < -0.3 is 24.8 Å². The molecule has 28 heavy (non-hydrogen) atoms. The lowest BCUT2D eigenvalue weighted by molar-refractivity contribution is 0.178. The van der Waals surface area contributed by atoms with E-state index in [9.17, 15) is 0 Å². The highest BCUT2D eigenvalue weighted by atomic mass is 16.5. The first-order valence-electron chi connectivity index (χ1n) is 9.05. The number of nitrogens with two attached hydrogens (primary N) is 1. The van der Waals surface area contributed by atoms with Gasteiger partial charge in [0.25, 0.3) is 0 Å². The van der Waals surface area contributed by atoms with Crippen LogP contribution in [-0.4, -0.2) is 58.4 Å². The van der Waals surface area contributed by atoms with Crippen molar-refractivity contribution >= 4 is 23.6 Å². The lowest BCUT2D eigenvalue weighted by Gasteiger charge is -2.20. The fourth-order valence-corrected chi connectivity index (χ4v) is 3.27. The van der Waals surface area contributed by atoms with Gasteiger partial charge in [0.2, 0.25) is 23.5 Å². The third kappa shape index (κ3) is 3.58. The van der Waals surface area contributed by atoms with Crippen LogP contribution in [0.25, 0.3) is 11.6 Å². The van der Waals surface area contributed by atoms with E-state index < -0.39 is 0 Å². The van der Waals surface area contributed by atoms with Crippen molar-refractivity contribution in [1.82, 2.24) is 25.1 Å². The summed E-state index contributed by atoms with van der Waals surface area (Å²) in [7, 11) is 3.54. The van der Waals surface area contributed by atoms with Gasteiger partial charge in [0, 0.05) is 26.4 Å². The first-order valence-corrected chi connectivity index (χ1v) is 9.05. The minimum Gasteiger partial charge on any atom is -0.383 e. The van der Waals surface area contributed by atoms with Crippen LogP contribution in [0.15, 0.2) is 34.9 Å². The molecular formula is C18H22N8O2. The van der Waals surface area contributed by atoms with Crippen molar-refractivity contribution in [1.29, 1.82) is 0 Å². The van der Waals surface area contributed by atoms with E-state index in [1.54, 1.807) is 7.11 Å². The molecule has 4 rings (SSSR count). The highest BCUT2D eigenvalue weighted by Crippen LogP contribution is 2.27. The highest BCUT2D eigenvalue weighted by molar-refractivity contribution is 5.59. The smallest absolute Gasteiger partial charge is 0.324 e. The molecule has 10 heteroatoms. The minimum atomic E-state index is 0.0903. The molecule has 1 fully saturated rings. The van der Waals surface area contributed by atoms with Gasteiger partial charge in [-0.25, -0.2) is 0 Å². The Kier molecular flexibility index (Phi) is 5.02. The summed E-state index contributed by atoms with van der Waals surface area (Å²) in [5.74, 6) is 1.03. The molecule has 10 nitrogen and oxygen atoms in total. The largest absolute Gasteiger partial charge is 0.383 e. The Morgan fingerprint density at radius 1 is 1.18 bits per heavy atom. The third-order valence-corrected chi connectivity index (χ3v) is 4.68. The predicted molar refractivity (Wildman–Crippen MR) is 104 cm³/mol. The van der Waals surface area contributed by atoms with Crippen molar-refractivity contribution in [3.63, 3.8) is 0 Å². The zero-order chi connectivity index (χ0) is 19.5. The average molecular weight is 382 g/mol. The summed E-state index contributed by atoms with van der Waals surface area (Å²) in [6.07, 6.45) is 2.08. The Balaban J connectivity index is 1.62. The quantitative estimate of drug-likeness (QED) is 0.676. The second kappa shape index (κ2) is 7.77. The van der Waals surface area contributed by atoms with E-state index in [2.05, 4.69) is 30.0 Å². The summed E-state index contributed by atoms with van der Waals surface area (Å²) in [6, 6.07) is 10.4. The molecule has 1 aromatic carbocycles. The van der Waals surface area contributed by atoms with Crippen LogP contribution in [0.2, 0.25) is 0 Å². The first-order chi connectivity index (χ1) is 13.7. The number of hydrogen-bond acceptors (Lipinski definition) is 10. The number of aromatic nitrogens is 5. The Bertz CT molecular complexity index is 932. The maximum Gasteiger partial charge on any atom is 0.324 e. The zero-order valence-corrected chi connectivity index (χ0v) is 15.8. The number of anilines is 4. The Morgan fingerprint density at radius 3 is 2.79 bits per heavy atom. The van der Waals surface area contributed by atoms with Gasteiger partial charge in [0.1, 0.15) is 0 Å². The molecule has 3 aromatic rings. The third-order valence-electron chi connectivity index (χ3n) is 4.68. The van der Waals surface area contributed by atoms with Crippen LogP contribution in [0.3, 0.4) is 0 Å². The van der Waals surface area contributed by atoms with E-state index in [4.69, 9.17) is 15.0 Å². The van der Waals surface area contributed by atoms with Gasteiger partial charge in [-0.05, 0) is 25.0 Å². The van der Waals surface area contributed by atoms with Crippen LogP contribution in [0, 0.1) is 0 Å². The summed E-state index contributed by atoms with van der Waals surface area (Å²) >= 11 is 0. The van der Waals surface area contributed by atoms with Crippen molar-refractivity contribution in [2.45, 2.75) is 18.9 Å². The lowest BCUT2D eigenvalue weighted by Crippen LogP contribution is -2.32. The van der Waals surface area contributed by atoms with Gasteiger partial charge in [-0.15, -0.1) is 0 Å². The van der Waals surface area contributed by atoms with Crippen molar-refractivity contribution in [3.8, 4) is 11.6 Å². The van der Waals surface area contributed by atoms with Gasteiger partial charge in [0.15, 0.2) is 0 Å². The Labute approximate surface area is 162 Å². The molecule has 0 radical (unpaired) electrons. The molecule has 0 aliphatic carbocycles. The van der Waals surface area contributed by atoms with Gasteiger partial charge in [-0.2, -0.15) is 19.9 Å². The number of nitrogen functional groups attached to an aromatic ring is 1. The van der Waals surface area contributed by atoms with Crippen molar-refractivity contribution in [3.05, 3.63) is 30.3 Å². The molecule has 0 amide bonds. The van der Waals surface area contributed by atoms with Gasteiger partial charge >= 0.3 is 6.01 Å². The van der Waals surface area contributed by atoms with Crippen LogP contribution < -0.4 is 15.5 Å². The molecule has 0 bridgehead atoms. The first kappa shape index (κ1) is 18.1. The summed E-state index contributed by atoms with van der Waals surface area (Å²) in [6.45, 7) is 1.46. The Hall–Kier alpha value is -3.27. The number of rotatable bonds is 6. The molecule has 0 spiro atoms. The van der Waals surface area contributed by atoms with E-state index in [1.165, 1.54) is 0 Å². The second-order valence-electron chi connectivity index (χ2n) is 6.56. The average Bonchev–Trinajstić information content (AvgIpc) is 3.37. The van der Waals surface area contributed by atoms with Crippen molar-refractivity contribution < 1.29 is 9.26 Å². The monoisotopic (exact) mass is 382 g/mol. The van der Waals surface area contributed by atoms with Crippen molar-refractivity contribution in [2.75, 3.05) is 42.8 Å². The zero-order valence-electron chi connectivity index (χ0n) is 15.8. The van der Waals surface area contributed by atoms with Crippen LogP contribution in [0.5, 0.6) is 0 Å². The second-order valence-corrected chi connectivity index (χ2v) is 6.56. The molecular weight excluding hydrogens is 360 g/mol. The van der Waals surface area contributed by atoms with Gasteiger partial charge in [0.05, 0.1) is 12.6 Å². The molecule has 0 unspecified atom stereocenters. The summed E-state index contributed by atoms with van der Waals surface area (Å²) in [5.41, 5.74) is 6.82. The molecule has 146 valence electrons. The summed E-state index contributed by atoms with van der Waals surface area (Å²) < 4.78 is 10.7. The molecule has 3 heterocycles. The molecule has 1 aliphatic rings. The molecule has 1 aliphatic heterocycles. The lowest BCUT2D eigenvalue weighted by atomic mass is 10.2. The fourth-order valence-electron chi connectivity index (χ4n) is 3.27. The molecule has 0 saturated carbocycles. The topological polar surface area (TPSA) is 119 Å². The molecule has 1 atom stereocenters. The normalized spacial score (nSPS) is 16.5.